The quantitative estimate of drug-likeness (QED) is 0.649. The van der Waals surface area contributed by atoms with Crippen molar-refractivity contribution in [3.8, 4) is 17.7 Å². The molecule has 0 saturated heterocycles. The number of hydrogen-bond acceptors (Lipinski definition) is 6. The normalized spacial score (nSPS) is 10.9. The first kappa shape index (κ1) is 19.5. The van der Waals surface area contributed by atoms with Gasteiger partial charge in [-0.1, -0.05) is 12.0 Å². The maximum atomic E-state index is 13.0. The summed E-state index contributed by atoms with van der Waals surface area (Å²) in [5.74, 6) is 6.17. The zero-order valence-corrected chi connectivity index (χ0v) is 15.0. The predicted octanol–water partition coefficient (Wildman–Crippen LogP) is 1.17. The molecule has 0 aliphatic heterocycles. The molecule has 0 radical (unpaired) electrons. The van der Waals surface area contributed by atoms with Crippen LogP contribution in [0.25, 0.3) is 5.82 Å². The maximum absolute atomic E-state index is 13.0. The fraction of sp³-hybridized carbons (Fsp3) is 0.105. The van der Waals surface area contributed by atoms with Gasteiger partial charge in [0.15, 0.2) is 0 Å². The van der Waals surface area contributed by atoms with Crippen molar-refractivity contribution in [2.75, 3.05) is 6.61 Å². The molecule has 0 spiro atoms. The smallest absolute Gasteiger partial charge is 0.404 e. The van der Waals surface area contributed by atoms with Gasteiger partial charge in [-0.3, -0.25) is 0 Å². The lowest BCUT2D eigenvalue weighted by Crippen LogP contribution is -2.26. The molecule has 3 aromatic heterocycles. The van der Waals surface area contributed by atoms with E-state index in [1.54, 1.807) is 30.5 Å². The van der Waals surface area contributed by atoms with Gasteiger partial charge in [0.25, 0.3) is 0 Å². The molecule has 0 aromatic carbocycles. The van der Waals surface area contributed by atoms with Crippen LogP contribution in [-0.4, -0.2) is 37.0 Å². The Kier molecular flexibility index (Phi) is 6.12. The number of amides is 1. The Balaban J connectivity index is 1.81. The van der Waals surface area contributed by atoms with Crippen LogP contribution in [-0.2, 0) is 11.3 Å². The van der Waals surface area contributed by atoms with E-state index in [1.165, 1.54) is 17.1 Å². The Hall–Kier alpha value is -4.26. The number of halogens is 1. The number of hydrogen-bond donors (Lipinski definition) is 1. The average molecular weight is 394 g/mol. The molecule has 3 aromatic rings. The number of primary amides is 1. The first-order chi connectivity index (χ1) is 14.1. The molecule has 0 saturated carbocycles. The summed E-state index contributed by atoms with van der Waals surface area (Å²) in [5, 5.41) is 3.93. The molecule has 146 valence electrons. The number of pyridine rings is 2. The van der Waals surface area contributed by atoms with Gasteiger partial charge in [0.1, 0.15) is 24.4 Å². The molecular formula is C19H15FN6O3. The second kappa shape index (κ2) is 9.09. The highest BCUT2D eigenvalue weighted by atomic mass is 19.1. The first-order valence-electron chi connectivity index (χ1n) is 8.31. The number of nitrogens with two attached hydrogens (primary N) is 1. The second-order valence-electron chi connectivity index (χ2n) is 5.68. The van der Waals surface area contributed by atoms with E-state index in [1.807, 2.05) is 6.07 Å². The van der Waals surface area contributed by atoms with Crippen LogP contribution in [0, 0.1) is 11.8 Å². The Bertz CT molecular complexity index is 1160. The van der Waals surface area contributed by atoms with E-state index in [9.17, 15) is 14.0 Å². The Morgan fingerprint density at radius 3 is 2.83 bits per heavy atom. The summed E-state index contributed by atoms with van der Waals surface area (Å²) in [4.78, 5) is 31.5. The van der Waals surface area contributed by atoms with Gasteiger partial charge in [-0.25, -0.2) is 33.2 Å². The van der Waals surface area contributed by atoms with Gasteiger partial charge in [-0.05, 0) is 30.2 Å². The van der Waals surface area contributed by atoms with Crippen LogP contribution >= 0.6 is 0 Å². The van der Waals surface area contributed by atoms with Crippen molar-refractivity contribution in [1.29, 1.82) is 0 Å². The topological polar surface area (TPSA) is 118 Å². The van der Waals surface area contributed by atoms with E-state index in [2.05, 4.69) is 31.6 Å². The molecule has 0 atom stereocenters. The molecule has 1 amide bonds. The minimum atomic E-state index is -1.05. The Morgan fingerprint density at radius 2 is 2.10 bits per heavy atom. The molecule has 3 rings (SSSR count). The summed E-state index contributed by atoms with van der Waals surface area (Å²) in [7, 11) is 0. The van der Waals surface area contributed by atoms with Crippen LogP contribution in [0.3, 0.4) is 0 Å². The summed E-state index contributed by atoms with van der Waals surface area (Å²) in [6.07, 6.45) is 3.60. The monoisotopic (exact) mass is 394 g/mol. The number of nitrogens with zero attached hydrogens (tertiary/aromatic N) is 5. The van der Waals surface area contributed by atoms with Crippen molar-refractivity contribution in [1.82, 2.24) is 24.3 Å². The van der Waals surface area contributed by atoms with E-state index in [4.69, 9.17) is 5.73 Å². The van der Waals surface area contributed by atoms with Crippen LogP contribution < -0.4 is 11.4 Å². The van der Waals surface area contributed by atoms with Crippen LogP contribution in [0.4, 0.5) is 9.18 Å². The molecule has 0 aliphatic carbocycles. The van der Waals surface area contributed by atoms with E-state index in [-0.39, 0.29) is 25.1 Å². The molecule has 0 aliphatic rings. The van der Waals surface area contributed by atoms with E-state index in [0.717, 1.165) is 4.68 Å². The van der Waals surface area contributed by atoms with Crippen LogP contribution in [0.2, 0.25) is 0 Å². The predicted molar refractivity (Wildman–Crippen MR) is 101 cm³/mol. The number of carbonyl (C=O) groups is 1. The van der Waals surface area contributed by atoms with Crippen molar-refractivity contribution in [3.05, 3.63) is 82.7 Å². The third-order valence-corrected chi connectivity index (χ3v) is 3.63. The summed E-state index contributed by atoms with van der Waals surface area (Å²) < 4.78 is 19.7. The van der Waals surface area contributed by atoms with Crippen LogP contribution in [0.1, 0.15) is 11.3 Å². The molecule has 9 nitrogen and oxygen atoms in total. The minimum Gasteiger partial charge on any atom is -0.445 e. The highest BCUT2D eigenvalue weighted by molar-refractivity contribution is 5.64. The average Bonchev–Trinajstić information content (AvgIpc) is 3.10. The number of ether oxygens (including phenoxy) is 1. The van der Waals surface area contributed by atoms with E-state index in [0.29, 0.717) is 17.1 Å². The third kappa shape index (κ3) is 5.14. The molecule has 0 unspecified atom stereocenters. The minimum absolute atomic E-state index is 0.0130. The lowest BCUT2D eigenvalue weighted by Gasteiger charge is -2.05. The summed E-state index contributed by atoms with van der Waals surface area (Å²) >= 11 is 0. The fourth-order valence-corrected chi connectivity index (χ4v) is 2.27. The zero-order valence-electron chi connectivity index (χ0n) is 15.0. The Labute approximate surface area is 164 Å². The van der Waals surface area contributed by atoms with Gasteiger partial charge in [0.05, 0.1) is 12.9 Å². The summed E-state index contributed by atoms with van der Waals surface area (Å²) in [6.45, 7) is -0.600. The standard InChI is InChI=1S/C19H15FN6O3/c20-10-15(12-29-18(21)27)11-26-19(28)25(13-24-26)17-9-14(6-8-23-17)4-5-16-3-1-2-7-22-16/h1-3,6-10,13H,11-12H2,(H2,21,27)/b15-10+. The number of rotatable bonds is 5. The molecule has 29 heavy (non-hydrogen) atoms. The molecule has 0 fully saturated rings. The third-order valence-electron chi connectivity index (χ3n) is 3.63. The Morgan fingerprint density at radius 1 is 1.24 bits per heavy atom. The van der Waals surface area contributed by atoms with Crippen molar-refractivity contribution in [3.63, 3.8) is 0 Å². The van der Waals surface area contributed by atoms with Crippen LogP contribution in [0.15, 0.2) is 65.8 Å². The van der Waals surface area contributed by atoms with Gasteiger partial charge in [0.2, 0.25) is 0 Å². The van der Waals surface area contributed by atoms with E-state index < -0.39 is 11.8 Å². The van der Waals surface area contributed by atoms with Crippen molar-refractivity contribution in [2.24, 2.45) is 5.73 Å². The number of aromatic nitrogens is 5. The largest absolute Gasteiger partial charge is 0.445 e. The van der Waals surface area contributed by atoms with Gasteiger partial charge in [-0.2, -0.15) is 5.10 Å². The molecule has 10 heteroatoms. The number of carbonyl (C=O) groups excluding carboxylic acids is 1. The van der Waals surface area contributed by atoms with Crippen molar-refractivity contribution >= 4 is 6.09 Å². The maximum Gasteiger partial charge on any atom is 0.404 e. The zero-order chi connectivity index (χ0) is 20.6. The molecule has 3 heterocycles. The molecule has 0 bridgehead atoms. The fourth-order valence-electron chi connectivity index (χ4n) is 2.27. The van der Waals surface area contributed by atoms with E-state index >= 15 is 0 Å². The highest BCUT2D eigenvalue weighted by Crippen LogP contribution is 2.05. The lowest BCUT2D eigenvalue weighted by molar-refractivity contribution is 0.164. The lowest BCUT2D eigenvalue weighted by atomic mass is 10.2. The van der Waals surface area contributed by atoms with Gasteiger partial charge >= 0.3 is 11.8 Å². The van der Waals surface area contributed by atoms with Crippen molar-refractivity contribution < 1.29 is 13.9 Å². The van der Waals surface area contributed by atoms with Gasteiger partial charge < -0.3 is 10.5 Å². The first-order valence-corrected chi connectivity index (χ1v) is 8.31. The SMILES string of the molecule is NC(=O)OC/C(=C/F)Cn1ncn(-c2cc(C#Cc3ccccn3)ccn2)c1=O. The van der Waals surface area contributed by atoms with Gasteiger partial charge in [-0.15, -0.1) is 0 Å². The van der Waals surface area contributed by atoms with Gasteiger partial charge in [0, 0.05) is 23.5 Å². The second-order valence-corrected chi connectivity index (χ2v) is 5.68. The molecular weight excluding hydrogens is 379 g/mol. The highest BCUT2D eigenvalue weighted by Gasteiger charge is 2.11. The summed E-state index contributed by atoms with van der Waals surface area (Å²) in [6, 6.07) is 8.72. The van der Waals surface area contributed by atoms with Crippen LogP contribution in [0.5, 0.6) is 0 Å². The van der Waals surface area contributed by atoms with Crippen molar-refractivity contribution in [2.45, 2.75) is 6.54 Å². The molecule has 2 N–H and O–H groups in total. The summed E-state index contributed by atoms with van der Waals surface area (Å²) in [5.41, 5.74) is 5.55.